The number of hydrogen-bond donors (Lipinski definition) is 2. The van der Waals surface area contributed by atoms with Gasteiger partial charge in [0.2, 0.25) is 5.88 Å². The van der Waals surface area contributed by atoms with Crippen molar-refractivity contribution in [3.8, 4) is 5.88 Å². The Hall–Kier alpha value is -1.82. The minimum Gasteiger partial charge on any atom is -0.476 e. The molecule has 0 unspecified atom stereocenters. The summed E-state index contributed by atoms with van der Waals surface area (Å²) < 4.78 is 5.72. The lowest BCUT2D eigenvalue weighted by Crippen LogP contribution is -2.33. The van der Waals surface area contributed by atoms with Gasteiger partial charge in [-0.15, -0.1) is 0 Å². The van der Waals surface area contributed by atoms with Gasteiger partial charge in [0.25, 0.3) is 0 Å². The van der Waals surface area contributed by atoms with Crippen molar-refractivity contribution in [2.24, 2.45) is 10.9 Å². The quantitative estimate of drug-likeness (QED) is 0.367. The molecule has 2 rings (SSSR count). The number of pyridine rings is 1. The van der Waals surface area contributed by atoms with E-state index in [0.29, 0.717) is 18.1 Å². The van der Waals surface area contributed by atoms with E-state index in [1.54, 1.807) is 6.20 Å². The Balaban J connectivity index is 1.96. The van der Waals surface area contributed by atoms with Crippen LogP contribution in [0.1, 0.15) is 30.4 Å². The van der Waals surface area contributed by atoms with E-state index in [4.69, 9.17) is 15.7 Å². The third-order valence-corrected chi connectivity index (χ3v) is 3.58. The first kappa shape index (κ1) is 14.6. The van der Waals surface area contributed by atoms with Crippen molar-refractivity contribution in [1.29, 1.82) is 0 Å². The van der Waals surface area contributed by atoms with E-state index < -0.39 is 0 Å². The number of amidine groups is 1. The minimum absolute atomic E-state index is 0.0311. The van der Waals surface area contributed by atoms with Crippen LogP contribution in [0.3, 0.4) is 0 Å². The standard InChI is InChI=1S/C14H22N4O2/c1-11-5-6-16-14(12(11)13(15)17-19)20-10-9-18-7-3-2-4-8-18/h5-6,19H,2-4,7-10H2,1H3,(H2,15,17). The number of piperidine rings is 1. The Labute approximate surface area is 119 Å². The van der Waals surface area contributed by atoms with Crippen LogP contribution >= 0.6 is 0 Å². The fraction of sp³-hybridized carbons (Fsp3) is 0.571. The topological polar surface area (TPSA) is 84.0 Å². The third-order valence-electron chi connectivity index (χ3n) is 3.58. The molecule has 0 atom stereocenters. The molecule has 0 aromatic carbocycles. The van der Waals surface area contributed by atoms with Crippen molar-refractivity contribution < 1.29 is 9.94 Å². The second kappa shape index (κ2) is 7.09. The molecule has 1 aromatic rings. The summed E-state index contributed by atoms with van der Waals surface area (Å²) in [5.41, 5.74) is 7.12. The Kier molecular flexibility index (Phi) is 5.17. The molecule has 0 radical (unpaired) electrons. The molecule has 0 bridgehead atoms. The lowest BCUT2D eigenvalue weighted by Gasteiger charge is -2.26. The molecular formula is C14H22N4O2. The van der Waals surface area contributed by atoms with Crippen molar-refractivity contribution >= 4 is 5.84 Å². The summed E-state index contributed by atoms with van der Waals surface area (Å²) in [5, 5.41) is 11.9. The van der Waals surface area contributed by atoms with Crippen molar-refractivity contribution in [3.05, 3.63) is 23.4 Å². The number of aromatic nitrogens is 1. The van der Waals surface area contributed by atoms with Gasteiger partial charge in [-0.25, -0.2) is 4.98 Å². The van der Waals surface area contributed by atoms with E-state index in [1.165, 1.54) is 19.3 Å². The second-order valence-corrected chi connectivity index (χ2v) is 5.04. The average molecular weight is 278 g/mol. The van der Waals surface area contributed by atoms with Gasteiger partial charge in [0, 0.05) is 12.7 Å². The summed E-state index contributed by atoms with van der Waals surface area (Å²) >= 11 is 0. The third kappa shape index (κ3) is 3.60. The van der Waals surface area contributed by atoms with Gasteiger partial charge in [-0.1, -0.05) is 11.6 Å². The maximum Gasteiger partial charge on any atom is 0.224 e. The zero-order chi connectivity index (χ0) is 14.4. The molecule has 1 aliphatic rings. The van der Waals surface area contributed by atoms with E-state index in [1.807, 2.05) is 13.0 Å². The van der Waals surface area contributed by atoms with Gasteiger partial charge in [0.1, 0.15) is 6.61 Å². The first-order valence-corrected chi connectivity index (χ1v) is 7.01. The Bertz CT molecular complexity index is 470. The number of nitrogens with two attached hydrogens (primary N) is 1. The lowest BCUT2D eigenvalue weighted by atomic mass is 10.1. The number of nitrogens with zero attached hydrogens (tertiary/aromatic N) is 3. The van der Waals surface area contributed by atoms with Crippen LogP contribution in [-0.2, 0) is 0 Å². The van der Waals surface area contributed by atoms with Crippen molar-refractivity contribution in [1.82, 2.24) is 9.88 Å². The van der Waals surface area contributed by atoms with E-state index in [9.17, 15) is 0 Å². The zero-order valence-electron chi connectivity index (χ0n) is 11.9. The van der Waals surface area contributed by atoms with Gasteiger partial charge in [-0.2, -0.15) is 0 Å². The highest BCUT2D eigenvalue weighted by Gasteiger charge is 2.14. The van der Waals surface area contributed by atoms with Crippen LogP contribution in [0.5, 0.6) is 5.88 Å². The second-order valence-electron chi connectivity index (χ2n) is 5.04. The van der Waals surface area contributed by atoms with Gasteiger partial charge < -0.3 is 15.7 Å². The number of aryl methyl sites for hydroxylation is 1. The molecule has 1 aromatic heterocycles. The summed E-state index contributed by atoms with van der Waals surface area (Å²) in [5.74, 6) is 0.459. The van der Waals surface area contributed by atoms with E-state index >= 15 is 0 Å². The molecule has 0 amide bonds. The summed E-state index contributed by atoms with van der Waals surface area (Å²) in [4.78, 5) is 6.57. The van der Waals surface area contributed by atoms with Gasteiger partial charge in [0.05, 0.1) is 5.56 Å². The predicted molar refractivity (Wildman–Crippen MR) is 77.3 cm³/mol. The molecule has 20 heavy (non-hydrogen) atoms. The highest BCUT2D eigenvalue weighted by molar-refractivity contribution is 6.00. The number of hydrogen-bond acceptors (Lipinski definition) is 5. The van der Waals surface area contributed by atoms with Crippen LogP contribution in [-0.4, -0.2) is 47.2 Å². The maximum atomic E-state index is 8.84. The Morgan fingerprint density at radius 1 is 1.45 bits per heavy atom. The molecule has 110 valence electrons. The Morgan fingerprint density at radius 3 is 2.90 bits per heavy atom. The lowest BCUT2D eigenvalue weighted by molar-refractivity contribution is 0.180. The molecular weight excluding hydrogens is 256 g/mol. The fourth-order valence-corrected chi connectivity index (χ4v) is 2.46. The highest BCUT2D eigenvalue weighted by atomic mass is 16.5. The van der Waals surface area contributed by atoms with Crippen LogP contribution < -0.4 is 10.5 Å². The molecule has 6 heteroatoms. The van der Waals surface area contributed by atoms with E-state index in [2.05, 4.69) is 15.0 Å². The predicted octanol–water partition coefficient (Wildman–Crippen LogP) is 1.35. The molecule has 0 saturated carbocycles. The van der Waals surface area contributed by atoms with Crippen molar-refractivity contribution in [3.63, 3.8) is 0 Å². The molecule has 0 spiro atoms. The molecule has 3 N–H and O–H groups in total. The van der Waals surface area contributed by atoms with Gasteiger partial charge in [0.15, 0.2) is 5.84 Å². The molecule has 6 nitrogen and oxygen atoms in total. The molecule has 2 heterocycles. The summed E-state index contributed by atoms with van der Waals surface area (Å²) in [6.07, 6.45) is 5.51. The number of likely N-dealkylation sites (tertiary alicyclic amines) is 1. The zero-order valence-corrected chi connectivity index (χ0v) is 11.9. The van der Waals surface area contributed by atoms with E-state index in [0.717, 1.165) is 25.2 Å². The molecule has 0 aliphatic carbocycles. The monoisotopic (exact) mass is 278 g/mol. The van der Waals surface area contributed by atoms with Crippen LogP contribution in [0.15, 0.2) is 17.4 Å². The highest BCUT2D eigenvalue weighted by Crippen LogP contribution is 2.18. The van der Waals surface area contributed by atoms with Gasteiger partial charge in [-0.05, 0) is 44.5 Å². The van der Waals surface area contributed by atoms with Crippen molar-refractivity contribution in [2.75, 3.05) is 26.2 Å². The Morgan fingerprint density at radius 2 is 2.20 bits per heavy atom. The van der Waals surface area contributed by atoms with Gasteiger partial charge in [-0.3, -0.25) is 4.90 Å². The molecule has 1 fully saturated rings. The van der Waals surface area contributed by atoms with Gasteiger partial charge >= 0.3 is 0 Å². The summed E-state index contributed by atoms with van der Waals surface area (Å²) in [6, 6.07) is 1.81. The molecule has 1 saturated heterocycles. The number of rotatable bonds is 5. The number of oxime groups is 1. The normalized spacial score (nSPS) is 17.1. The van der Waals surface area contributed by atoms with Crippen LogP contribution in [0, 0.1) is 6.92 Å². The molecule has 1 aliphatic heterocycles. The first-order valence-electron chi connectivity index (χ1n) is 7.01. The first-order chi connectivity index (χ1) is 9.72. The van der Waals surface area contributed by atoms with Crippen LogP contribution in [0.2, 0.25) is 0 Å². The van der Waals surface area contributed by atoms with Crippen LogP contribution in [0.25, 0.3) is 0 Å². The van der Waals surface area contributed by atoms with E-state index in [-0.39, 0.29) is 5.84 Å². The summed E-state index contributed by atoms with van der Waals surface area (Å²) in [6.45, 7) is 5.59. The smallest absolute Gasteiger partial charge is 0.224 e. The SMILES string of the molecule is Cc1ccnc(OCCN2CCCCC2)c1/C(N)=N/O. The minimum atomic E-state index is 0.0311. The maximum absolute atomic E-state index is 8.84. The number of ether oxygens (including phenoxy) is 1. The fourth-order valence-electron chi connectivity index (χ4n) is 2.46. The summed E-state index contributed by atoms with van der Waals surface area (Å²) in [7, 11) is 0. The average Bonchev–Trinajstić information content (AvgIpc) is 2.48. The van der Waals surface area contributed by atoms with Crippen LogP contribution in [0.4, 0.5) is 0 Å². The largest absolute Gasteiger partial charge is 0.476 e. The van der Waals surface area contributed by atoms with Crippen molar-refractivity contribution in [2.45, 2.75) is 26.2 Å².